The molecule has 1 rings (SSSR count). The first-order valence-electron chi connectivity index (χ1n) is 8.01. The lowest BCUT2D eigenvalue weighted by molar-refractivity contribution is -0.150. The van der Waals surface area contributed by atoms with Crippen LogP contribution in [0.2, 0.25) is 0 Å². The van der Waals surface area contributed by atoms with Gasteiger partial charge in [-0.3, -0.25) is 14.4 Å². The van der Waals surface area contributed by atoms with Crippen LogP contribution >= 0.6 is 0 Å². The minimum atomic E-state index is -0.887. The van der Waals surface area contributed by atoms with Crippen molar-refractivity contribution in [1.29, 1.82) is 5.26 Å². The predicted molar refractivity (Wildman–Crippen MR) is 84.5 cm³/mol. The van der Waals surface area contributed by atoms with Crippen molar-refractivity contribution in [1.82, 2.24) is 10.2 Å². The summed E-state index contributed by atoms with van der Waals surface area (Å²) < 4.78 is 4.98. The van der Waals surface area contributed by atoms with Crippen molar-refractivity contribution in [3.63, 3.8) is 0 Å². The highest BCUT2D eigenvalue weighted by Gasteiger charge is 2.29. The summed E-state index contributed by atoms with van der Waals surface area (Å²) >= 11 is 0. The Kier molecular flexibility index (Phi) is 8.33. The van der Waals surface area contributed by atoms with Gasteiger partial charge in [-0.05, 0) is 26.2 Å². The van der Waals surface area contributed by atoms with Gasteiger partial charge in [-0.25, -0.2) is 0 Å². The van der Waals surface area contributed by atoms with E-state index in [1.165, 1.54) is 6.20 Å². The number of hydrogen-bond acceptors (Lipinski definition) is 6. The molecule has 0 bridgehead atoms. The molecule has 132 valence electrons. The molecule has 0 aromatic heterocycles. The molecular weight excluding hydrogens is 314 g/mol. The molecule has 1 aliphatic heterocycles. The molecule has 0 atom stereocenters. The Morgan fingerprint density at radius 3 is 2.58 bits per heavy atom. The van der Waals surface area contributed by atoms with Crippen LogP contribution in [-0.4, -0.2) is 54.1 Å². The van der Waals surface area contributed by atoms with Crippen molar-refractivity contribution in [2.75, 3.05) is 26.2 Å². The van der Waals surface area contributed by atoms with Crippen molar-refractivity contribution in [3.8, 4) is 6.07 Å². The van der Waals surface area contributed by atoms with Crippen molar-refractivity contribution >= 4 is 17.8 Å². The third kappa shape index (κ3) is 6.28. The first-order chi connectivity index (χ1) is 11.5. The van der Waals surface area contributed by atoms with Gasteiger partial charge in [0.15, 0.2) is 0 Å². The maximum Gasteiger partial charge on any atom is 0.309 e. The number of nitriles is 1. The third-order valence-electron chi connectivity index (χ3n) is 3.71. The van der Waals surface area contributed by atoms with E-state index in [1.54, 1.807) is 11.8 Å². The highest BCUT2D eigenvalue weighted by atomic mass is 16.5. The molecule has 1 fully saturated rings. The van der Waals surface area contributed by atoms with E-state index in [4.69, 9.17) is 15.1 Å². The van der Waals surface area contributed by atoms with Crippen LogP contribution in [0.25, 0.3) is 0 Å². The lowest BCUT2D eigenvalue weighted by atomic mass is 9.96. The molecule has 1 aliphatic rings. The second kappa shape index (κ2) is 10.3. The minimum Gasteiger partial charge on any atom is -0.481 e. The van der Waals surface area contributed by atoms with Crippen LogP contribution in [0.4, 0.5) is 0 Å². The number of ether oxygens (including phenoxy) is 1. The zero-order chi connectivity index (χ0) is 17.9. The van der Waals surface area contributed by atoms with Gasteiger partial charge < -0.3 is 20.1 Å². The van der Waals surface area contributed by atoms with Crippen LogP contribution in [0, 0.1) is 17.2 Å². The molecule has 0 spiro atoms. The molecule has 0 saturated carbocycles. The third-order valence-corrected chi connectivity index (χ3v) is 3.71. The van der Waals surface area contributed by atoms with Gasteiger partial charge in [0.25, 0.3) is 5.91 Å². The molecule has 8 nitrogen and oxygen atoms in total. The molecule has 1 heterocycles. The molecule has 0 unspecified atom stereocenters. The summed E-state index contributed by atoms with van der Waals surface area (Å²) in [5.74, 6) is -1.70. The zero-order valence-electron chi connectivity index (χ0n) is 13.8. The summed E-state index contributed by atoms with van der Waals surface area (Å²) in [5, 5.41) is 20.4. The van der Waals surface area contributed by atoms with Crippen LogP contribution in [-0.2, 0) is 19.1 Å². The van der Waals surface area contributed by atoms with Crippen molar-refractivity contribution in [2.24, 2.45) is 5.92 Å². The summed E-state index contributed by atoms with van der Waals surface area (Å²) in [6, 6.07) is 1.85. The molecule has 2 N–H and O–H groups in total. The number of carbonyl (C=O) groups excluding carboxylic acids is 2. The number of esters is 1. The van der Waals surface area contributed by atoms with Gasteiger partial charge in [-0.15, -0.1) is 0 Å². The molecule has 1 amide bonds. The highest BCUT2D eigenvalue weighted by Crippen LogP contribution is 2.19. The Morgan fingerprint density at radius 2 is 2.04 bits per heavy atom. The summed E-state index contributed by atoms with van der Waals surface area (Å²) in [6.07, 6.45) is 2.80. The molecule has 8 heteroatoms. The Morgan fingerprint density at radius 1 is 1.38 bits per heavy atom. The topological polar surface area (TPSA) is 120 Å². The number of piperidine rings is 1. The number of nitrogens with one attached hydrogen (secondary N) is 1. The fourth-order valence-electron chi connectivity index (χ4n) is 2.41. The quantitative estimate of drug-likeness (QED) is 0.289. The van der Waals surface area contributed by atoms with E-state index in [1.807, 2.05) is 6.07 Å². The number of carboxylic acids is 1. The number of nitrogens with zero attached hydrogens (tertiary/aromatic N) is 2. The number of amides is 1. The zero-order valence-corrected chi connectivity index (χ0v) is 13.8. The summed E-state index contributed by atoms with van der Waals surface area (Å²) in [4.78, 5) is 35.9. The number of hydrogen-bond donors (Lipinski definition) is 2. The van der Waals surface area contributed by atoms with Gasteiger partial charge in [0.2, 0.25) is 0 Å². The van der Waals surface area contributed by atoms with Crippen LogP contribution in [0.1, 0.15) is 32.6 Å². The van der Waals surface area contributed by atoms with Crippen molar-refractivity contribution in [3.05, 3.63) is 11.8 Å². The molecule has 0 aromatic carbocycles. The Balaban J connectivity index is 2.46. The van der Waals surface area contributed by atoms with E-state index >= 15 is 0 Å². The lowest BCUT2D eigenvalue weighted by Crippen LogP contribution is -2.41. The van der Waals surface area contributed by atoms with Gasteiger partial charge in [-0.2, -0.15) is 5.26 Å². The van der Waals surface area contributed by atoms with Gasteiger partial charge in [-0.1, -0.05) is 0 Å². The summed E-state index contributed by atoms with van der Waals surface area (Å²) in [6.45, 7) is 3.27. The number of carboxylic acid groups (broad SMARTS) is 1. The second-order valence-electron chi connectivity index (χ2n) is 5.44. The van der Waals surface area contributed by atoms with E-state index in [0.29, 0.717) is 45.5 Å². The first kappa shape index (κ1) is 19.5. The normalized spacial score (nSPS) is 15.5. The maximum absolute atomic E-state index is 12.3. The Labute approximate surface area is 141 Å². The fraction of sp³-hybridized carbons (Fsp3) is 0.625. The van der Waals surface area contributed by atoms with Gasteiger partial charge in [0, 0.05) is 32.3 Å². The van der Waals surface area contributed by atoms with Gasteiger partial charge in [0.05, 0.1) is 12.5 Å². The van der Waals surface area contributed by atoms with Crippen LogP contribution in [0.3, 0.4) is 0 Å². The molecule has 0 aromatic rings. The Hall–Kier alpha value is -2.56. The molecule has 0 aliphatic carbocycles. The van der Waals surface area contributed by atoms with E-state index in [2.05, 4.69) is 5.32 Å². The average molecular weight is 337 g/mol. The first-order valence-corrected chi connectivity index (χ1v) is 8.01. The molecule has 24 heavy (non-hydrogen) atoms. The predicted octanol–water partition coefficient (Wildman–Crippen LogP) is 0.650. The SMILES string of the molecule is CCOC(=O)C1CCN(C(=O)/C(C#N)=C\NCCCC(=O)O)CC1. The van der Waals surface area contributed by atoms with Gasteiger partial charge >= 0.3 is 11.9 Å². The smallest absolute Gasteiger partial charge is 0.309 e. The van der Waals surface area contributed by atoms with Crippen molar-refractivity contribution < 1.29 is 24.2 Å². The van der Waals surface area contributed by atoms with E-state index < -0.39 is 5.97 Å². The number of aliphatic carboxylic acids is 1. The Bertz CT molecular complexity index is 530. The standard InChI is InChI=1S/C16H23N3O5/c1-2-24-16(23)12-5-8-19(9-6-12)15(22)13(10-17)11-18-7-3-4-14(20)21/h11-12,18H,2-9H2,1H3,(H,20,21)/b13-11-. The molecular formula is C16H23N3O5. The fourth-order valence-corrected chi connectivity index (χ4v) is 2.41. The highest BCUT2D eigenvalue weighted by molar-refractivity contribution is 5.97. The number of rotatable bonds is 8. The number of likely N-dealkylation sites (tertiary alicyclic amines) is 1. The van der Waals surface area contributed by atoms with Crippen LogP contribution in [0.5, 0.6) is 0 Å². The van der Waals surface area contributed by atoms with Gasteiger partial charge in [0.1, 0.15) is 11.6 Å². The minimum absolute atomic E-state index is 0.0258. The lowest BCUT2D eigenvalue weighted by Gasteiger charge is -2.30. The largest absolute Gasteiger partial charge is 0.481 e. The monoisotopic (exact) mass is 337 g/mol. The summed E-state index contributed by atoms with van der Waals surface area (Å²) in [7, 11) is 0. The maximum atomic E-state index is 12.3. The van der Waals surface area contributed by atoms with E-state index in [9.17, 15) is 14.4 Å². The molecule has 0 radical (unpaired) electrons. The average Bonchev–Trinajstić information content (AvgIpc) is 2.57. The number of carbonyl (C=O) groups is 3. The van der Waals surface area contributed by atoms with Crippen LogP contribution < -0.4 is 5.32 Å². The van der Waals surface area contributed by atoms with E-state index in [0.717, 1.165) is 0 Å². The second-order valence-corrected chi connectivity index (χ2v) is 5.44. The van der Waals surface area contributed by atoms with Crippen LogP contribution in [0.15, 0.2) is 11.8 Å². The molecule has 1 saturated heterocycles. The van der Waals surface area contributed by atoms with Crippen molar-refractivity contribution in [2.45, 2.75) is 32.6 Å². The summed E-state index contributed by atoms with van der Waals surface area (Å²) in [5.41, 5.74) is -0.0279. The van der Waals surface area contributed by atoms with E-state index in [-0.39, 0.29) is 29.8 Å².